The van der Waals surface area contributed by atoms with Gasteiger partial charge in [-0.1, -0.05) is 18.2 Å². The van der Waals surface area contributed by atoms with Crippen LogP contribution in [0.15, 0.2) is 54.6 Å². The van der Waals surface area contributed by atoms with Crippen LogP contribution in [0.25, 0.3) is 22.2 Å². The first-order valence-corrected chi connectivity index (χ1v) is 12.1. The number of benzene rings is 2. The van der Waals surface area contributed by atoms with Gasteiger partial charge in [-0.15, -0.1) is 0 Å². The fraction of sp³-hybridized carbons (Fsp3) is 0.296. The van der Waals surface area contributed by atoms with Gasteiger partial charge in [-0.3, -0.25) is 0 Å². The molecule has 38 heavy (non-hydrogen) atoms. The lowest BCUT2D eigenvalue weighted by Crippen LogP contribution is -2.26. The molecule has 1 aliphatic rings. The van der Waals surface area contributed by atoms with Crippen LogP contribution in [0.1, 0.15) is 24.1 Å². The second-order valence-corrected chi connectivity index (χ2v) is 10.0. The molecule has 4 N–H and O–H groups in total. The molecule has 11 heteroatoms. The van der Waals surface area contributed by atoms with Crippen LogP contribution in [0.3, 0.4) is 0 Å². The number of urea groups is 1. The number of halogens is 3. The maximum absolute atomic E-state index is 13.0. The van der Waals surface area contributed by atoms with Crippen LogP contribution in [-0.2, 0) is 18.6 Å². The highest BCUT2D eigenvalue weighted by Crippen LogP contribution is 2.49. The van der Waals surface area contributed by atoms with E-state index >= 15 is 0 Å². The topological polar surface area (TPSA) is 101 Å². The molecule has 0 bridgehead atoms. The van der Waals surface area contributed by atoms with Gasteiger partial charge in [0.15, 0.2) is 11.5 Å². The summed E-state index contributed by atoms with van der Waals surface area (Å²) < 4.78 is 40.6. The first-order chi connectivity index (χ1) is 17.9. The number of hydrogen-bond acceptors (Lipinski definition) is 5. The Morgan fingerprint density at radius 2 is 1.76 bits per heavy atom. The summed E-state index contributed by atoms with van der Waals surface area (Å²) in [6, 6.07) is 13.1. The van der Waals surface area contributed by atoms with Crippen LogP contribution < -0.4 is 16.4 Å². The van der Waals surface area contributed by atoms with Crippen LogP contribution in [0.2, 0.25) is 0 Å². The van der Waals surface area contributed by atoms with Crippen LogP contribution in [-0.4, -0.2) is 46.3 Å². The lowest BCUT2D eigenvalue weighted by atomic mass is 9.95. The number of hydrogen-bond donors (Lipinski definition) is 3. The summed E-state index contributed by atoms with van der Waals surface area (Å²) in [6.45, 7) is 0.891. The van der Waals surface area contributed by atoms with Gasteiger partial charge in [0.2, 0.25) is 0 Å². The van der Waals surface area contributed by atoms with Crippen molar-refractivity contribution >= 4 is 34.3 Å². The van der Waals surface area contributed by atoms with Gasteiger partial charge < -0.3 is 21.3 Å². The highest BCUT2D eigenvalue weighted by atomic mass is 19.4. The smallest absolute Gasteiger partial charge is 0.382 e. The number of carbonyl (C=O) groups excluding carboxylic acids is 1. The average molecular weight is 524 g/mol. The van der Waals surface area contributed by atoms with E-state index in [0.717, 1.165) is 53.7 Å². The number of nitrogens with one attached hydrogen (secondary N) is 2. The van der Waals surface area contributed by atoms with E-state index in [0.29, 0.717) is 17.2 Å². The number of carbonyl (C=O) groups is 1. The molecular weight excluding hydrogens is 495 g/mol. The Hall–Kier alpha value is -4.12. The number of amides is 2. The molecule has 1 fully saturated rings. The number of nitrogens with zero attached hydrogens (tertiary/aromatic N) is 4. The molecule has 1 saturated carbocycles. The van der Waals surface area contributed by atoms with Crippen molar-refractivity contribution in [2.75, 3.05) is 37.0 Å². The molecule has 4 aromatic rings. The average Bonchev–Trinajstić information content (AvgIpc) is 3.56. The molecular formula is C27H28F3N7O. The first-order valence-electron chi connectivity index (χ1n) is 12.1. The van der Waals surface area contributed by atoms with Gasteiger partial charge in [0.25, 0.3) is 0 Å². The number of pyridine rings is 1. The number of anilines is 3. The number of fused-ring (bicyclic) bond motifs is 1. The minimum atomic E-state index is -4.49. The highest BCUT2D eigenvalue weighted by molar-refractivity contribution is 6.02. The summed E-state index contributed by atoms with van der Waals surface area (Å²) >= 11 is 0. The summed E-state index contributed by atoms with van der Waals surface area (Å²) in [7, 11) is 5.92. The molecule has 198 valence electrons. The number of alkyl halides is 3. The standard InChI is InChI=1S/C27H28F3N7O/c1-36(2)15-26(11-12-26)21-14-20(22-23(31)35-37(3)24(22)34-21)16-7-9-18(10-8-16)32-25(38)33-19-6-4-5-17(13-19)27(28,29)30/h4-10,13-14H,11-12,15H2,1-3H3,(H2,31,35)(H2,32,33,38). The van der Waals surface area contributed by atoms with E-state index in [-0.39, 0.29) is 11.1 Å². The summed E-state index contributed by atoms with van der Waals surface area (Å²) in [5, 5.41) is 10.2. The lowest BCUT2D eigenvalue weighted by molar-refractivity contribution is -0.137. The monoisotopic (exact) mass is 523 g/mol. The minimum Gasteiger partial charge on any atom is -0.382 e. The van der Waals surface area contributed by atoms with Gasteiger partial charge in [-0.2, -0.15) is 18.3 Å². The van der Waals surface area contributed by atoms with Crippen LogP contribution in [0, 0.1) is 0 Å². The van der Waals surface area contributed by atoms with Crippen molar-refractivity contribution in [2.24, 2.45) is 7.05 Å². The van der Waals surface area contributed by atoms with Crippen molar-refractivity contribution in [1.29, 1.82) is 0 Å². The van der Waals surface area contributed by atoms with Crippen molar-refractivity contribution in [3.63, 3.8) is 0 Å². The number of aromatic nitrogens is 3. The van der Waals surface area contributed by atoms with E-state index in [1.54, 1.807) is 16.8 Å². The molecule has 0 saturated heterocycles. The Balaban J connectivity index is 1.40. The molecule has 8 nitrogen and oxygen atoms in total. The number of aryl methyl sites for hydroxylation is 1. The summed E-state index contributed by atoms with van der Waals surface area (Å²) in [4.78, 5) is 19.5. The van der Waals surface area contributed by atoms with Gasteiger partial charge in [-0.05, 0) is 74.5 Å². The minimum absolute atomic E-state index is 0.00548. The molecule has 0 aliphatic heterocycles. The Bertz CT molecular complexity index is 1510. The number of rotatable bonds is 6. The maximum atomic E-state index is 13.0. The van der Waals surface area contributed by atoms with Crippen LogP contribution >= 0.6 is 0 Å². The van der Waals surface area contributed by atoms with E-state index in [1.165, 1.54) is 12.1 Å². The lowest BCUT2D eigenvalue weighted by Gasteiger charge is -2.21. The number of likely N-dealkylation sites (N-methyl/N-ethyl adjacent to an activating group) is 1. The van der Waals surface area contributed by atoms with Gasteiger partial charge >= 0.3 is 12.2 Å². The summed E-state index contributed by atoms with van der Waals surface area (Å²) in [6.07, 6.45) is -2.38. The zero-order valence-corrected chi connectivity index (χ0v) is 21.2. The SMILES string of the molecule is CN(C)CC1(c2cc(-c3ccc(NC(=O)Nc4cccc(C(F)(F)F)c4)cc3)c3c(N)nn(C)c3n2)CC1. The second-order valence-electron chi connectivity index (χ2n) is 10.0. The normalized spacial score (nSPS) is 14.6. The Labute approximate surface area is 217 Å². The molecule has 0 unspecified atom stereocenters. The molecule has 2 amide bonds. The largest absolute Gasteiger partial charge is 0.416 e. The van der Waals surface area contributed by atoms with Crippen molar-refractivity contribution in [3.05, 3.63) is 65.9 Å². The maximum Gasteiger partial charge on any atom is 0.416 e. The Kier molecular flexibility index (Phi) is 6.26. The van der Waals surface area contributed by atoms with Crippen molar-refractivity contribution in [2.45, 2.75) is 24.4 Å². The predicted octanol–water partition coefficient (Wildman–Crippen LogP) is 5.47. The van der Waals surface area contributed by atoms with E-state index in [1.807, 2.05) is 19.2 Å². The predicted molar refractivity (Wildman–Crippen MR) is 142 cm³/mol. The third kappa shape index (κ3) is 5.01. The van der Waals surface area contributed by atoms with Crippen LogP contribution in [0.4, 0.5) is 35.2 Å². The molecule has 2 aromatic heterocycles. The number of nitrogens with two attached hydrogens (primary N) is 1. The number of nitrogen functional groups attached to an aromatic ring is 1. The van der Waals surface area contributed by atoms with Gasteiger partial charge in [0.05, 0.1) is 16.6 Å². The molecule has 0 spiro atoms. The molecule has 2 aromatic carbocycles. The second kappa shape index (κ2) is 9.32. The Morgan fingerprint density at radius 3 is 2.39 bits per heavy atom. The van der Waals surface area contributed by atoms with E-state index < -0.39 is 17.8 Å². The van der Waals surface area contributed by atoms with Crippen molar-refractivity contribution in [1.82, 2.24) is 19.7 Å². The quantitative estimate of drug-likeness (QED) is 0.311. The fourth-order valence-corrected chi connectivity index (χ4v) is 4.83. The highest BCUT2D eigenvalue weighted by Gasteiger charge is 2.46. The molecule has 2 heterocycles. The molecule has 0 atom stereocenters. The van der Waals surface area contributed by atoms with Gasteiger partial charge in [-0.25, -0.2) is 14.5 Å². The molecule has 5 rings (SSSR count). The van der Waals surface area contributed by atoms with Gasteiger partial charge in [0.1, 0.15) is 0 Å². The van der Waals surface area contributed by atoms with Crippen molar-refractivity contribution < 1.29 is 18.0 Å². The zero-order chi connectivity index (χ0) is 27.2. The first kappa shape index (κ1) is 25.5. The third-order valence-electron chi connectivity index (χ3n) is 6.74. The summed E-state index contributed by atoms with van der Waals surface area (Å²) in [5.41, 5.74) is 9.43. The molecule has 0 radical (unpaired) electrons. The van der Waals surface area contributed by atoms with E-state index in [4.69, 9.17) is 10.7 Å². The zero-order valence-electron chi connectivity index (χ0n) is 21.2. The van der Waals surface area contributed by atoms with E-state index in [9.17, 15) is 18.0 Å². The summed E-state index contributed by atoms with van der Waals surface area (Å²) in [5.74, 6) is 0.386. The Morgan fingerprint density at radius 1 is 1.08 bits per heavy atom. The third-order valence-corrected chi connectivity index (χ3v) is 6.74. The van der Waals surface area contributed by atoms with E-state index in [2.05, 4.69) is 40.8 Å². The van der Waals surface area contributed by atoms with Crippen molar-refractivity contribution in [3.8, 4) is 11.1 Å². The van der Waals surface area contributed by atoms with Gasteiger partial charge in [0, 0.05) is 30.4 Å². The fourth-order valence-electron chi connectivity index (χ4n) is 4.83. The molecule has 1 aliphatic carbocycles. The van der Waals surface area contributed by atoms with Crippen LogP contribution in [0.5, 0.6) is 0 Å².